The van der Waals surface area contributed by atoms with Gasteiger partial charge in [0.1, 0.15) is 0 Å². The number of morpholine rings is 1. The van der Waals surface area contributed by atoms with Crippen molar-refractivity contribution in [1.29, 1.82) is 0 Å². The Morgan fingerprint density at radius 3 is 2.95 bits per heavy atom. The Morgan fingerprint density at radius 1 is 1.53 bits per heavy atom. The number of benzene rings is 1. The number of rotatable bonds is 3. The molecule has 2 rings (SSSR count). The predicted octanol–water partition coefficient (Wildman–Crippen LogP) is 2.89. The van der Waals surface area contributed by atoms with Crippen LogP contribution >= 0.6 is 27.5 Å². The highest BCUT2D eigenvalue weighted by atomic mass is 79.9. The molecular weight excluding hydrogens is 330 g/mol. The fourth-order valence-corrected chi connectivity index (χ4v) is 2.76. The molecule has 0 aromatic heterocycles. The van der Waals surface area contributed by atoms with Gasteiger partial charge in [-0.15, -0.1) is 0 Å². The molecule has 0 aliphatic carbocycles. The molecule has 1 aliphatic rings. The summed E-state index contributed by atoms with van der Waals surface area (Å²) in [6.45, 7) is 3.23. The van der Waals surface area contributed by atoms with Crippen LogP contribution in [0.25, 0.3) is 0 Å². The predicted molar refractivity (Wildman–Crippen MR) is 79.9 cm³/mol. The van der Waals surface area contributed by atoms with E-state index in [0.717, 1.165) is 10.9 Å². The number of carbonyl (C=O) groups is 1. The van der Waals surface area contributed by atoms with Crippen molar-refractivity contribution in [1.82, 2.24) is 4.90 Å². The molecule has 3 nitrogen and oxygen atoms in total. The number of hydrogen-bond acceptors (Lipinski definition) is 2. The zero-order valence-electron chi connectivity index (χ0n) is 10.8. The summed E-state index contributed by atoms with van der Waals surface area (Å²) in [5.41, 5.74) is 0.878. The molecule has 1 saturated heterocycles. The number of amides is 1. The van der Waals surface area contributed by atoms with E-state index in [1.807, 2.05) is 36.1 Å². The second-order valence-electron chi connectivity index (χ2n) is 4.77. The topological polar surface area (TPSA) is 29.5 Å². The minimum absolute atomic E-state index is 0.0754. The van der Waals surface area contributed by atoms with Gasteiger partial charge in [0.25, 0.3) is 0 Å². The summed E-state index contributed by atoms with van der Waals surface area (Å²) >= 11 is 9.50. The Morgan fingerprint density at radius 2 is 2.26 bits per heavy atom. The monoisotopic (exact) mass is 345 g/mol. The van der Waals surface area contributed by atoms with Gasteiger partial charge in [-0.2, -0.15) is 0 Å². The third-order valence-corrected chi connectivity index (χ3v) is 4.39. The van der Waals surface area contributed by atoms with Gasteiger partial charge in [-0.25, -0.2) is 0 Å². The summed E-state index contributed by atoms with van der Waals surface area (Å²) in [5, 5.41) is 1.39. The van der Waals surface area contributed by atoms with Gasteiger partial charge < -0.3 is 9.64 Å². The summed E-state index contributed by atoms with van der Waals surface area (Å²) in [6.07, 6.45) is 0.422. The van der Waals surface area contributed by atoms with E-state index < -0.39 is 0 Å². The summed E-state index contributed by atoms with van der Waals surface area (Å²) < 4.78 is 5.63. The minimum atomic E-state index is 0.0754. The third kappa shape index (κ3) is 3.71. The summed E-state index contributed by atoms with van der Waals surface area (Å²) in [5.74, 6) is 0.106. The second kappa shape index (κ2) is 6.73. The van der Waals surface area contributed by atoms with Crippen molar-refractivity contribution in [3.8, 4) is 0 Å². The van der Waals surface area contributed by atoms with Crippen molar-refractivity contribution in [2.75, 3.05) is 18.5 Å². The molecule has 0 radical (unpaired) electrons. The Labute approximate surface area is 127 Å². The summed E-state index contributed by atoms with van der Waals surface area (Å²) in [4.78, 5) is 14.3. The number of carbonyl (C=O) groups excluding carboxylic acids is 1. The lowest BCUT2D eigenvalue weighted by atomic mass is 10.1. The first-order chi connectivity index (χ1) is 9.11. The lowest BCUT2D eigenvalue weighted by Crippen LogP contribution is -2.52. The Balaban J connectivity index is 2.04. The van der Waals surface area contributed by atoms with Gasteiger partial charge in [0.15, 0.2) is 0 Å². The van der Waals surface area contributed by atoms with Crippen molar-refractivity contribution in [3.05, 3.63) is 34.9 Å². The number of hydrogen-bond donors (Lipinski definition) is 0. The molecule has 5 heteroatoms. The zero-order valence-corrected chi connectivity index (χ0v) is 13.2. The Kier molecular flexibility index (Phi) is 5.25. The Hall–Kier alpha value is -0.580. The minimum Gasteiger partial charge on any atom is -0.373 e. The second-order valence-corrected chi connectivity index (χ2v) is 5.83. The summed E-state index contributed by atoms with van der Waals surface area (Å²) in [7, 11) is 0. The van der Waals surface area contributed by atoms with Gasteiger partial charge in [0.2, 0.25) is 5.91 Å². The lowest BCUT2D eigenvalue weighted by molar-refractivity contribution is -0.142. The van der Waals surface area contributed by atoms with E-state index in [1.54, 1.807) is 0 Å². The molecular formula is C14H17BrClNO2. The first-order valence-corrected chi connectivity index (χ1v) is 7.82. The van der Waals surface area contributed by atoms with E-state index in [1.165, 1.54) is 0 Å². The van der Waals surface area contributed by atoms with E-state index in [9.17, 15) is 4.79 Å². The fourth-order valence-electron chi connectivity index (χ4n) is 2.16. The molecule has 0 bridgehead atoms. The largest absolute Gasteiger partial charge is 0.373 e. The van der Waals surface area contributed by atoms with Crippen LogP contribution in [0, 0.1) is 0 Å². The Bertz CT molecular complexity index is 455. The van der Waals surface area contributed by atoms with Crippen LogP contribution in [0.1, 0.15) is 12.5 Å². The maximum absolute atomic E-state index is 12.4. The van der Waals surface area contributed by atoms with Crippen molar-refractivity contribution in [3.63, 3.8) is 0 Å². The normalized spacial score (nSPS) is 23.4. The molecule has 0 spiro atoms. The van der Waals surface area contributed by atoms with Gasteiger partial charge in [0.05, 0.1) is 25.2 Å². The number of halogens is 2. The lowest BCUT2D eigenvalue weighted by Gasteiger charge is -2.37. The molecule has 1 aliphatic heterocycles. The van der Waals surface area contributed by atoms with Crippen LogP contribution in [-0.4, -0.2) is 41.4 Å². The zero-order chi connectivity index (χ0) is 13.8. The van der Waals surface area contributed by atoms with Crippen molar-refractivity contribution >= 4 is 33.4 Å². The van der Waals surface area contributed by atoms with E-state index in [2.05, 4.69) is 15.9 Å². The first kappa shape index (κ1) is 14.8. The van der Waals surface area contributed by atoms with Gasteiger partial charge in [-0.05, 0) is 18.6 Å². The number of ether oxygens (including phenoxy) is 1. The highest BCUT2D eigenvalue weighted by Crippen LogP contribution is 2.19. The van der Waals surface area contributed by atoms with E-state index in [4.69, 9.17) is 16.3 Å². The average molecular weight is 347 g/mol. The summed E-state index contributed by atoms with van der Waals surface area (Å²) in [6, 6.07) is 7.60. The number of nitrogens with zero attached hydrogens (tertiary/aromatic N) is 1. The standard InChI is InChI=1S/C14H17BrClNO2/c1-10-9-19-12(7-15)8-17(10)14(18)6-11-4-2-3-5-13(11)16/h2-5,10,12H,6-9H2,1H3. The molecule has 1 aromatic carbocycles. The van der Waals surface area contributed by atoms with Crippen LogP contribution in [0.15, 0.2) is 24.3 Å². The number of alkyl halides is 1. The molecule has 0 saturated carbocycles. The fraction of sp³-hybridized carbons (Fsp3) is 0.500. The quantitative estimate of drug-likeness (QED) is 0.788. The van der Waals surface area contributed by atoms with E-state index in [0.29, 0.717) is 24.6 Å². The molecule has 0 N–H and O–H groups in total. The SMILES string of the molecule is CC1COC(CBr)CN1C(=O)Cc1ccccc1Cl. The highest BCUT2D eigenvalue weighted by Gasteiger charge is 2.29. The molecule has 1 amide bonds. The highest BCUT2D eigenvalue weighted by molar-refractivity contribution is 9.09. The van der Waals surface area contributed by atoms with E-state index >= 15 is 0 Å². The van der Waals surface area contributed by atoms with Crippen molar-refractivity contribution < 1.29 is 9.53 Å². The maximum atomic E-state index is 12.4. The molecule has 1 aromatic rings. The average Bonchev–Trinajstić information content (AvgIpc) is 2.42. The molecule has 1 heterocycles. The van der Waals surface area contributed by atoms with Gasteiger partial charge in [0, 0.05) is 16.9 Å². The van der Waals surface area contributed by atoms with Crippen molar-refractivity contribution in [2.45, 2.75) is 25.5 Å². The third-order valence-electron chi connectivity index (χ3n) is 3.30. The maximum Gasteiger partial charge on any atom is 0.227 e. The van der Waals surface area contributed by atoms with Crippen LogP contribution in [0.3, 0.4) is 0 Å². The van der Waals surface area contributed by atoms with Gasteiger partial charge in [-0.3, -0.25) is 4.79 Å². The van der Waals surface area contributed by atoms with Crippen LogP contribution in [0.5, 0.6) is 0 Å². The molecule has 2 atom stereocenters. The van der Waals surface area contributed by atoms with Gasteiger partial charge >= 0.3 is 0 Å². The van der Waals surface area contributed by atoms with Crippen LogP contribution in [0.4, 0.5) is 0 Å². The van der Waals surface area contributed by atoms with Gasteiger partial charge in [-0.1, -0.05) is 45.7 Å². The van der Waals surface area contributed by atoms with Crippen LogP contribution in [0.2, 0.25) is 5.02 Å². The molecule has 1 fully saturated rings. The van der Waals surface area contributed by atoms with Crippen LogP contribution in [-0.2, 0) is 16.0 Å². The van der Waals surface area contributed by atoms with E-state index in [-0.39, 0.29) is 18.1 Å². The molecule has 104 valence electrons. The smallest absolute Gasteiger partial charge is 0.227 e. The molecule has 19 heavy (non-hydrogen) atoms. The van der Waals surface area contributed by atoms with Crippen LogP contribution < -0.4 is 0 Å². The molecule has 2 unspecified atom stereocenters. The van der Waals surface area contributed by atoms with Crippen molar-refractivity contribution in [2.24, 2.45) is 0 Å². The first-order valence-electron chi connectivity index (χ1n) is 6.32.